The van der Waals surface area contributed by atoms with E-state index in [1.807, 2.05) is 17.8 Å². The number of anilines is 1. The van der Waals surface area contributed by atoms with E-state index in [0.717, 1.165) is 35.8 Å². The van der Waals surface area contributed by atoms with E-state index < -0.39 is 0 Å². The third kappa shape index (κ3) is 2.58. The Labute approximate surface area is 98.6 Å². The minimum Gasteiger partial charge on any atom is -0.370 e. The molecule has 1 fully saturated rings. The predicted octanol–water partition coefficient (Wildman–Crippen LogP) is 3.12. The number of hydrogen-bond donors (Lipinski definition) is 0. The van der Waals surface area contributed by atoms with Crippen LogP contribution in [0.5, 0.6) is 0 Å². The molecule has 1 aromatic carbocycles. The van der Waals surface area contributed by atoms with Crippen LogP contribution in [-0.2, 0) is 5.88 Å². The second-order valence-electron chi connectivity index (χ2n) is 3.51. The third-order valence-corrected chi connectivity index (χ3v) is 3.77. The highest BCUT2D eigenvalue weighted by Crippen LogP contribution is 2.25. The van der Waals surface area contributed by atoms with E-state index in [1.165, 1.54) is 12.1 Å². The molecule has 0 aliphatic carbocycles. The first-order valence-corrected chi connectivity index (χ1v) is 6.67. The highest BCUT2D eigenvalue weighted by Gasteiger charge is 2.14. The summed E-state index contributed by atoms with van der Waals surface area (Å²) >= 11 is 7.79. The van der Waals surface area contributed by atoms with Crippen LogP contribution in [0.15, 0.2) is 18.2 Å². The molecule has 0 radical (unpaired) electrons. The molecule has 0 spiro atoms. The number of thioether (sulfide) groups is 1. The minimum absolute atomic E-state index is 0.208. The average molecular weight is 246 g/mol. The van der Waals surface area contributed by atoms with Crippen molar-refractivity contribution in [3.8, 4) is 0 Å². The van der Waals surface area contributed by atoms with Gasteiger partial charge in [-0.05, 0) is 23.8 Å². The Morgan fingerprint density at radius 1 is 1.33 bits per heavy atom. The zero-order chi connectivity index (χ0) is 10.7. The van der Waals surface area contributed by atoms with Crippen LogP contribution in [0.4, 0.5) is 10.1 Å². The fourth-order valence-corrected chi connectivity index (χ4v) is 2.89. The molecular formula is C11H13ClFNS. The van der Waals surface area contributed by atoms with Crippen molar-refractivity contribution in [2.45, 2.75) is 5.88 Å². The lowest BCUT2D eigenvalue weighted by atomic mass is 10.1. The van der Waals surface area contributed by atoms with Gasteiger partial charge >= 0.3 is 0 Å². The molecule has 0 bridgehead atoms. The number of rotatable bonds is 2. The molecule has 1 nitrogen and oxygen atoms in total. The number of alkyl halides is 1. The highest BCUT2D eigenvalue weighted by molar-refractivity contribution is 7.99. The van der Waals surface area contributed by atoms with Crippen LogP contribution >= 0.6 is 23.4 Å². The molecule has 2 rings (SSSR count). The number of nitrogens with zero attached hydrogens (tertiary/aromatic N) is 1. The van der Waals surface area contributed by atoms with Gasteiger partial charge in [0.2, 0.25) is 0 Å². The van der Waals surface area contributed by atoms with Crippen molar-refractivity contribution in [2.24, 2.45) is 0 Å². The monoisotopic (exact) mass is 245 g/mol. The quantitative estimate of drug-likeness (QED) is 0.737. The van der Waals surface area contributed by atoms with Crippen LogP contribution in [-0.4, -0.2) is 24.6 Å². The van der Waals surface area contributed by atoms with Gasteiger partial charge in [0.05, 0.1) is 0 Å². The van der Waals surface area contributed by atoms with Gasteiger partial charge in [0.15, 0.2) is 0 Å². The normalized spacial score (nSPS) is 16.8. The molecule has 0 amide bonds. The van der Waals surface area contributed by atoms with Crippen molar-refractivity contribution in [1.82, 2.24) is 0 Å². The van der Waals surface area contributed by atoms with E-state index in [0.29, 0.717) is 5.88 Å². The molecule has 0 saturated carbocycles. The maximum absolute atomic E-state index is 13.0. The van der Waals surface area contributed by atoms with E-state index in [1.54, 1.807) is 0 Å². The summed E-state index contributed by atoms with van der Waals surface area (Å²) in [7, 11) is 0. The van der Waals surface area contributed by atoms with Gasteiger partial charge < -0.3 is 4.90 Å². The van der Waals surface area contributed by atoms with Crippen LogP contribution in [0.1, 0.15) is 5.56 Å². The van der Waals surface area contributed by atoms with Crippen LogP contribution in [0.2, 0.25) is 0 Å². The van der Waals surface area contributed by atoms with Gasteiger partial charge in [-0.1, -0.05) is 0 Å². The van der Waals surface area contributed by atoms with Gasteiger partial charge in [0.25, 0.3) is 0 Å². The van der Waals surface area contributed by atoms with Crippen LogP contribution in [0, 0.1) is 5.82 Å². The summed E-state index contributed by atoms with van der Waals surface area (Å²) in [6, 6.07) is 4.88. The molecule has 0 atom stereocenters. The summed E-state index contributed by atoms with van der Waals surface area (Å²) in [6.07, 6.45) is 0. The summed E-state index contributed by atoms with van der Waals surface area (Å²) in [5, 5.41) is 0. The van der Waals surface area contributed by atoms with Gasteiger partial charge in [0.1, 0.15) is 5.82 Å². The average Bonchev–Trinajstić information content (AvgIpc) is 2.30. The lowest BCUT2D eigenvalue weighted by Gasteiger charge is -2.30. The van der Waals surface area contributed by atoms with Crippen molar-refractivity contribution in [3.63, 3.8) is 0 Å². The van der Waals surface area contributed by atoms with E-state index in [4.69, 9.17) is 11.6 Å². The summed E-state index contributed by atoms with van der Waals surface area (Å²) < 4.78 is 13.0. The van der Waals surface area contributed by atoms with Crippen LogP contribution in [0.25, 0.3) is 0 Å². The molecule has 1 aromatic rings. The van der Waals surface area contributed by atoms with Crippen molar-refractivity contribution < 1.29 is 4.39 Å². The first-order chi connectivity index (χ1) is 7.31. The Balaban J connectivity index is 2.25. The SMILES string of the molecule is Fc1ccc(N2CCSCC2)c(CCl)c1. The lowest BCUT2D eigenvalue weighted by molar-refractivity contribution is 0.626. The molecule has 15 heavy (non-hydrogen) atoms. The summed E-state index contributed by atoms with van der Waals surface area (Å²) in [4.78, 5) is 2.29. The summed E-state index contributed by atoms with van der Waals surface area (Å²) in [5.41, 5.74) is 1.98. The topological polar surface area (TPSA) is 3.24 Å². The summed E-state index contributed by atoms with van der Waals surface area (Å²) in [5.74, 6) is 2.44. The zero-order valence-corrected chi connectivity index (χ0v) is 9.95. The molecule has 1 heterocycles. The molecule has 0 aromatic heterocycles. The Kier molecular flexibility index (Phi) is 3.76. The number of benzene rings is 1. The van der Waals surface area contributed by atoms with Gasteiger partial charge in [0, 0.05) is 36.2 Å². The van der Waals surface area contributed by atoms with Crippen molar-refractivity contribution >= 4 is 29.1 Å². The molecule has 1 aliphatic heterocycles. The number of halogens is 2. The molecule has 0 unspecified atom stereocenters. The van der Waals surface area contributed by atoms with Gasteiger partial charge in [-0.2, -0.15) is 11.8 Å². The molecule has 4 heteroatoms. The first kappa shape index (κ1) is 11.1. The Bertz CT molecular complexity index is 339. The van der Waals surface area contributed by atoms with E-state index in [2.05, 4.69) is 4.90 Å². The summed E-state index contributed by atoms with van der Waals surface area (Å²) in [6.45, 7) is 2.06. The van der Waals surface area contributed by atoms with E-state index >= 15 is 0 Å². The zero-order valence-electron chi connectivity index (χ0n) is 8.38. The predicted molar refractivity (Wildman–Crippen MR) is 65.5 cm³/mol. The van der Waals surface area contributed by atoms with Gasteiger partial charge in [-0.3, -0.25) is 0 Å². The largest absolute Gasteiger partial charge is 0.370 e. The standard InChI is InChI=1S/C11H13ClFNS/c12-8-9-7-10(13)1-2-11(9)14-3-5-15-6-4-14/h1-2,7H,3-6,8H2. The minimum atomic E-state index is -0.208. The molecule has 82 valence electrons. The van der Waals surface area contributed by atoms with Crippen molar-refractivity contribution in [3.05, 3.63) is 29.6 Å². The second-order valence-corrected chi connectivity index (χ2v) is 5.00. The van der Waals surface area contributed by atoms with Crippen LogP contribution in [0.3, 0.4) is 0 Å². The van der Waals surface area contributed by atoms with Crippen LogP contribution < -0.4 is 4.90 Å². The Morgan fingerprint density at radius 3 is 2.73 bits per heavy atom. The maximum Gasteiger partial charge on any atom is 0.123 e. The fraction of sp³-hybridized carbons (Fsp3) is 0.455. The van der Waals surface area contributed by atoms with Crippen molar-refractivity contribution in [2.75, 3.05) is 29.5 Å². The highest BCUT2D eigenvalue weighted by atomic mass is 35.5. The van der Waals surface area contributed by atoms with E-state index in [-0.39, 0.29) is 5.82 Å². The fourth-order valence-electron chi connectivity index (χ4n) is 1.77. The second kappa shape index (κ2) is 5.08. The Hall–Kier alpha value is -0.410. The van der Waals surface area contributed by atoms with E-state index in [9.17, 15) is 4.39 Å². The lowest BCUT2D eigenvalue weighted by Crippen LogP contribution is -2.33. The molecular weight excluding hydrogens is 233 g/mol. The first-order valence-electron chi connectivity index (χ1n) is 4.98. The maximum atomic E-state index is 13.0. The molecule has 0 N–H and O–H groups in total. The van der Waals surface area contributed by atoms with Gasteiger partial charge in [-0.15, -0.1) is 11.6 Å². The number of hydrogen-bond acceptors (Lipinski definition) is 2. The van der Waals surface area contributed by atoms with Gasteiger partial charge in [-0.25, -0.2) is 4.39 Å². The Morgan fingerprint density at radius 2 is 2.07 bits per heavy atom. The smallest absolute Gasteiger partial charge is 0.123 e. The molecule has 1 saturated heterocycles. The van der Waals surface area contributed by atoms with Crippen molar-refractivity contribution in [1.29, 1.82) is 0 Å². The molecule has 1 aliphatic rings. The third-order valence-electron chi connectivity index (χ3n) is 2.54.